The minimum absolute atomic E-state index is 0.925. The number of hydrogen-bond acceptors (Lipinski definition) is 2. The van der Waals surface area contributed by atoms with Gasteiger partial charge in [-0.25, -0.2) is 4.98 Å². The summed E-state index contributed by atoms with van der Waals surface area (Å²) in [4.78, 5) is 7.19. The summed E-state index contributed by atoms with van der Waals surface area (Å²) in [6.07, 6.45) is 1.97. The number of nitrogens with zero attached hydrogens (tertiary/aromatic N) is 3. The second-order valence-electron chi connectivity index (χ2n) is 10.5. The number of benzene rings is 6. The van der Waals surface area contributed by atoms with E-state index in [0.717, 1.165) is 39.3 Å². The first-order chi connectivity index (χ1) is 20.8. The van der Waals surface area contributed by atoms with E-state index >= 15 is 0 Å². The molecule has 8 aromatic rings. The van der Waals surface area contributed by atoms with Crippen LogP contribution in [0.1, 0.15) is 0 Å². The highest BCUT2D eigenvalue weighted by Crippen LogP contribution is 2.37. The third kappa shape index (κ3) is 4.11. The van der Waals surface area contributed by atoms with E-state index in [9.17, 15) is 0 Å². The van der Waals surface area contributed by atoms with Gasteiger partial charge in [-0.2, -0.15) is 0 Å². The fraction of sp³-hybridized carbons (Fsp3) is 0. The van der Waals surface area contributed by atoms with E-state index in [-0.39, 0.29) is 0 Å². The fourth-order valence-corrected chi connectivity index (χ4v) is 6.00. The third-order valence-electron chi connectivity index (χ3n) is 8.01. The second-order valence-corrected chi connectivity index (χ2v) is 10.5. The highest BCUT2D eigenvalue weighted by atomic mass is 15.1. The first-order valence-electron chi connectivity index (χ1n) is 14.2. The lowest BCUT2D eigenvalue weighted by molar-refractivity contribution is 1.09. The van der Waals surface area contributed by atoms with Gasteiger partial charge in [0, 0.05) is 39.4 Å². The van der Waals surface area contributed by atoms with E-state index in [1.165, 1.54) is 27.3 Å². The Hall–Kier alpha value is -5.67. The molecular formula is C39H27N3. The Morgan fingerprint density at radius 1 is 0.429 bits per heavy atom. The standard InChI is InChI=1S/C39H27N3/c1-3-13-32(14-4-1)41(33-15-5-2-6-16-33)34-22-19-28(20-23-34)30-21-24-36-35-17-9-10-18-37(35)42(38(36)25-30)39-26-29-11-7-8-12-31(29)27-40-39/h1-27H. The summed E-state index contributed by atoms with van der Waals surface area (Å²) < 4.78 is 2.29. The van der Waals surface area contributed by atoms with Crippen molar-refractivity contribution in [3.05, 3.63) is 164 Å². The lowest BCUT2D eigenvalue weighted by Crippen LogP contribution is -2.09. The summed E-state index contributed by atoms with van der Waals surface area (Å²) in [6.45, 7) is 0. The van der Waals surface area contributed by atoms with Crippen LogP contribution in [-0.2, 0) is 0 Å². The molecule has 0 aliphatic carbocycles. The van der Waals surface area contributed by atoms with E-state index in [1.807, 2.05) is 6.20 Å². The van der Waals surface area contributed by atoms with Gasteiger partial charge in [-0.05, 0) is 71.1 Å². The molecule has 0 aliphatic rings. The number of anilines is 3. The quantitative estimate of drug-likeness (QED) is 0.218. The Morgan fingerprint density at radius 2 is 1.00 bits per heavy atom. The first kappa shape index (κ1) is 24.2. The average Bonchev–Trinajstić information content (AvgIpc) is 3.40. The van der Waals surface area contributed by atoms with Crippen molar-refractivity contribution in [2.75, 3.05) is 4.90 Å². The molecule has 2 aromatic heterocycles. The number of aromatic nitrogens is 2. The smallest absolute Gasteiger partial charge is 0.138 e. The summed E-state index contributed by atoms with van der Waals surface area (Å²) >= 11 is 0. The van der Waals surface area contributed by atoms with E-state index in [4.69, 9.17) is 4.98 Å². The van der Waals surface area contributed by atoms with Crippen LogP contribution >= 0.6 is 0 Å². The maximum Gasteiger partial charge on any atom is 0.138 e. The lowest BCUT2D eigenvalue weighted by Gasteiger charge is -2.25. The Balaban J connectivity index is 1.25. The van der Waals surface area contributed by atoms with Crippen LogP contribution in [0.4, 0.5) is 17.1 Å². The molecular weight excluding hydrogens is 510 g/mol. The normalized spacial score (nSPS) is 11.3. The monoisotopic (exact) mass is 537 g/mol. The van der Waals surface area contributed by atoms with E-state index in [1.54, 1.807) is 0 Å². The molecule has 0 N–H and O–H groups in total. The van der Waals surface area contributed by atoms with Crippen LogP contribution in [0.3, 0.4) is 0 Å². The number of hydrogen-bond donors (Lipinski definition) is 0. The number of pyridine rings is 1. The summed E-state index contributed by atoms with van der Waals surface area (Å²) in [5.74, 6) is 0.925. The number of para-hydroxylation sites is 3. The van der Waals surface area contributed by atoms with Crippen LogP contribution in [0, 0.1) is 0 Å². The maximum atomic E-state index is 4.90. The van der Waals surface area contributed by atoms with Gasteiger partial charge in [0.05, 0.1) is 11.0 Å². The molecule has 3 nitrogen and oxygen atoms in total. The molecule has 8 rings (SSSR count). The van der Waals surface area contributed by atoms with Gasteiger partial charge in [0.25, 0.3) is 0 Å². The van der Waals surface area contributed by atoms with Crippen LogP contribution in [0.2, 0.25) is 0 Å². The molecule has 198 valence electrons. The van der Waals surface area contributed by atoms with Crippen LogP contribution in [-0.4, -0.2) is 9.55 Å². The topological polar surface area (TPSA) is 21.1 Å². The van der Waals surface area contributed by atoms with Crippen molar-refractivity contribution in [2.45, 2.75) is 0 Å². The zero-order chi connectivity index (χ0) is 27.9. The lowest BCUT2D eigenvalue weighted by atomic mass is 10.0. The van der Waals surface area contributed by atoms with E-state index in [0.29, 0.717) is 0 Å². The maximum absolute atomic E-state index is 4.90. The van der Waals surface area contributed by atoms with Gasteiger partial charge < -0.3 is 4.90 Å². The Kier molecular flexibility index (Phi) is 5.79. The van der Waals surface area contributed by atoms with Gasteiger partial charge in [-0.15, -0.1) is 0 Å². The second kappa shape index (κ2) is 10.1. The van der Waals surface area contributed by atoms with Gasteiger partial charge in [0.15, 0.2) is 0 Å². The van der Waals surface area contributed by atoms with Crippen molar-refractivity contribution < 1.29 is 0 Å². The van der Waals surface area contributed by atoms with Gasteiger partial charge in [-0.1, -0.05) is 103 Å². The van der Waals surface area contributed by atoms with Crippen LogP contribution in [0.25, 0.3) is 49.5 Å². The summed E-state index contributed by atoms with van der Waals surface area (Å²) in [6, 6.07) is 55.8. The van der Waals surface area contributed by atoms with Crippen molar-refractivity contribution in [3.8, 4) is 16.9 Å². The predicted octanol–water partition coefficient (Wildman–Crippen LogP) is 10.5. The van der Waals surface area contributed by atoms with E-state index in [2.05, 4.69) is 167 Å². The molecule has 0 saturated carbocycles. The molecule has 2 heterocycles. The zero-order valence-corrected chi connectivity index (χ0v) is 22.9. The third-order valence-corrected chi connectivity index (χ3v) is 8.01. The minimum Gasteiger partial charge on any atom is -0.311 e. The summed E-state index contributed by atoms with van der Waals surface area (Å²) in [5, 5.41) is 4.77. The zero-order valence-electron chi connectivity index (χ0n) is 22.9. The predicted molar refractivity (Wildman–Crippen MR) is 176 cm³/mol. The van der Waals surface area contributed by atoms with Crippen LogP contribution in [0.15, 0.2) is 164 Å². The molecule has 0 radical (unpaired) electrons. The molecule has 0 atom stereocenters. The number of fused-ring (bicyclic) bond motifs is 4. The van der Waals surface area contributed by atoms with Gasteiger partial charge in [0.2, 0.25) is 0 Å². The van der Waals surface area contributed by atoms with Crippen molar-refractivity contribution in [3.63, 3.8) is 0 Å². The van der Waals surface area contributed by atoms with Crippen molar-refractivity contribution >= 4 is 49.6 Å². The first-order valence-corrected chi connectivity index (χ1v) is 14.2. The van der Waals surface area contributed by atoms with Gasteiger partial charge in [-0.3, -0.25) is 4.57 Å². The molecule has 0 bridgehead atoms. The molecule has 3 heteroatoms. The minimum atomic E-state index is 0.925. The number of rotatable bonds is 5. The van der Waals surface area contributed by atoms with Crippen molar-refractivity contribution in [1.29, 1.82) is 0 Å². The Bertz CT molecular complexity index is 2140. The molecule has 42 heavy (non-hydrogen) atoms. The van der Waals surface area contributed by atoms with Crippen molar-refractivity contribution in [2.24, 2.45) is 0 Å². The average molecular weight is 538 g/mol. The fourth-order valence-electron chi connectivity index (χ4n) is 6.00. The molecule has 0 saturated heterocycles. The van der Waals surface area contributed by atoms with E-state index < -0.39 is 0 Å². The molecule has 0 fully saturated rings. The highest BCUT2D eigenvalue weighted by Gasteiger charge is 2.15. The summed E-state index contributed by atoms with van der Waals surface area (Å²) in [7, 11) is 0. The molecule has 0 spiro atoms. The van der Waals surface area contributed by atoms with Gasteiger partial charge in [0.1, 0.15) is 5.82 Å². The Labute approximate surface area is 244 Å². The molecule has 0 amide bonds. The van der Waals surface area contributed by atoms with Crippen LogP contribution in [0.5, 0.6) is 0 Å². The van der Waals surface area contributed by atoms with Crippen molar-refractivity contribution in [1.82, 2.24) is 9.55 Å². The molecule has 0 aliphatic heterocycles. The summed E-state index contributed by atoms with van der Waals surface area (Å²) in [5.41, 5.74) is 8.03. The largest absolute Gasteiger partial charge is 0.311 e. The highest BCUT2D eigenvalue weighted by molar-refractivity contribution is 6.10. The SMILES string of the molecule is c1ccc(N(c2ccccc2)c2ccc(-c3ccc4c5ccccc5n(-c5cc6ccccc6cn5)c4c3)cc2)cc1. The molecule has 6 aromatic carbocycles. The van der Waals surface area contributed by atoms with Crippen LogP contribution < -0.4 is 4.90 Å². The van der Waals surface area contributed by atoms with Gasteiger partial charge >= 0.3 is 0 Å². The molecule has 0 unspecified atom stereocenters. The Morgan fingerprint density at radius 3 is 1.74 bits per heavy atom.